The fraction of sp³-hybridized carbons (Fsp3) is 0.333. The van der Waals surface area contributed by atoms with Crippen molar-refractivity contribution in [2.75, 3.05) is 20.6 Å². The van der Waals surface area contributed by atoms with E-state index in [0.29, 0.717) is 4.47 Å². The Kier molecular flexibility index (Phi) is 5.63. The van der Waals surface area contributed by atoms with E-state index >= 15 is 0 Å². The molecule has 1 aromatic rings. The summed E-state index contributed by atoms with van der Waals surface area (Å²) in [4.78, 5) is 34.8. The van der Waals surface area contributed by atoms with E-state index in [4.69, 9.17) is 0 Å². The number of nitro benzene ring substituents is 1. The molecule has 0 saturated carbocycles. The SMILES string of the molecule is CN(C)C(=O)CCNC(=O)c1ccc(Br)c([N+](=O)[O-])c1. The Hall–Kier alpha value is -1.96. The number of benzene rings is 1. The second kappa shape index (κ2) is 6.99. The summed E-state index contributed by atoms with van der Waals surface area (Å²) in [6.45, 7) is 0.180. The lowest BCUT2D eigenvalue weighted by molar-refractivity contribution is -0.385. The number of carbonyl (C=O) groups excluding carboxylic acids is 2. The van der Waals surface area contributed by atoms with E-state index in [2.05, 4.69) is 21.2 Å². The van der Waals surface area contributed by atoms with Crippen molar-refractivity contribution in [2.24, 2.45) is 0 Å². The minimum absolute atomic E-state index is 0.105. The van der Waals surface area contributed by atoms with Crippen molar-refractivity contribution in [3.63, 3.8) is 0 Å². The number of nitrogens with one attached hydrogen (secondary N) is 1. The van der Waals surface area contributed by atoms with Gasteiger partial charge in [-0.25, -0.2) is 0 Å². The molecule has 0 radical (unpaired) electrons. The minimum atomic E-state index is -0.573. The summed E-state index contributed by atoms with van der Waals surface area (Å²) >= 11 is 3.04. The van der Waals surface area contributed by atoms with Crippen LogP contribution in [0.5, 0.6) is 0 Å². The van der Waals surface area contributed by atoms with E-state index in [-0.39, 0.29) is 30.1 Å². The molecule has 0 aliphatic heterocycles. The number of rotatable bonds is 5. The summed E-state index contributed by atoms with van der Waals surface area (Å²) in [5, 5.41) is 13.3. The molecule has 1 N–H and O–H groups in total. The number of nitro groups is 1. The van der Waals surface area contributed by atoms with Crippen molar-refractivity contribution >= 4 is 33.4 Å². The average molecular weight is 344 g/mol. The Morgan fingerprint density at radius 1 is 1.40 bits per heavy atom. The van der Waals surface area contributed by atoms with Crippen LogP contribution in [0.15, 0.2) is 22.7 Å². The van der Waals surface area contributed by atoms with Crippen molar-refractivity contribution < 1.29 is 14.5 Å². The monoisotopic (exact) mass is 343 g/mol. The molecule has 0 spiro atoms. The maximum absolute atomic E-state index is 11.8. The normalized spacial score (nSPS) is 9.95. The lowest BCUT2D eigenvalue weighted by Gasteiger charge is -2.10. The molecule has 0 heterocycles. The van der Waals surface area contributed by atoms with Gasteiger partial charge in [0.1, 0.15) is 0 Å². The standard InChI is InChI=1S/C12H14BrN3O4/c1-15(2)11(17)5-6-14-12(18)8-3-4-9(13)10(7-8)16(19)20/h3-4,7H,5-6H2,1-2H3,(H,14,18). The number of halogens is 1. The van der Waals surface area contributed by atoms with Gasteiger partial charge >= 0.3 is 0 Å². The molecule has 0 aromatic heterocycles. The van der Waals surface area contributed by atoms with Crippen LogP contribution in [0.4, 0.5) is 5.69 Å². The molecule has 1 rings (SSSR count). The predicted octanol–water partition coefficient (Wildman–Crippen LogP) is 1.57. The van der Waals surface area contributed by atoms with E-state index in [9.17, 15) is 19.7 Å². The van der Waals surface area contributed by atoms with Gasteiger partial charge in [0.05, 0.1) is 9.40 Å². The Balaban J connectivity index is 2.67. The van der Waals surface area contributed by atoms with Crippen LogP contribution in [0.1, 0.15) is 16.8 Å². The highest BCUT2D eigenvalue weighted by molar-refractivity contribution is 9.10. The number of carbonyl (C=O) groups is 2. The van der Waals surface area contributed by atoms with Crippen molar-refractivity contribution in [1.82, 2.24) is 10.2 Å². The number of hydrogen-bond donors (Lipinski definition) is 1. The molecule has 8 heteroatoms. The molecule has 20 heavy (non-hydrogen) atoms. The van der Waals surface area contributed by atoms with Crippen LogP contribution in [0, 0.1) is 10.1 Å². The first-order chi connectivity index (χ1) is 9.32. The molecule has 2 amide bonds. The molecule has 0 fully saturated rings. The molecule has 7 nitrogen and oxygen atoms in total. The fourth-order valence-electron chi connectivity index (χ4n) is 1.40. The quantitative estimate of drug-likeness (QED) is 0.648. The van der Waals surface area contributed by atoms with Gasteiger partial charge in [0, 0.05) is 38.7 Å². The van der Waals surface area contributed by atoms with E-state index in [1.807, 2.05) is 0 Å². The number of hydrogen-bond acceptors (Lipinski definition) is 4. The zero-order chi connectivity index (χ0) is 15.3. The first-order valence-electron chi connectivity index (χ1n) is 5.75. The third-order valence-electron chi connectivity index (χ3n) is 2.53. The van der Waals surface area contributed by atoms with Gasteiger partial charge in [-0.2, -0.15) is 0 Å². The lowest BCUT2D eigenvalue weighted by Crippen LogP contribution is -2.30. The third-order valence-corrected chi connectivity index (χ3v) is 3.20. The van der Waals surface area contributed by atoms with Gasteiger partial charge in [-0.15, -0.1) is 0 Å². The smallest absolute Gasteiger partial charge is 0.284 e. The van der Waals surface area contributed by atoms with Crippen LogP contribution in [0.2, 0.25) is 0 Å². The Morgan fingerprint density at radius 3 is 2.60 bits per heavy atom. The van der Waals surface area contributed by atoms with Gasteiger partial charge in [0.25, 0.3) is 11.6 Å². The van der Waals surface area contributed by atoms with Crippen LogP contribution in [-0.2, 0) is 4.79 Å². The third kappa shape index (κ3) is 4.30. The molecule has 0 aliphatic rings. The van der Waals surface area contributed by atoms with Crippen molar-refractivity contribution in [1.29, 1.82) is 0 Å². The summed E-state index contributed by atoms with van der Waals surface area (Å²) in [5.41, 5.74) is -0.000722. The van der Waals surface area contributed by atoms with Crippen LogP contribution < -0.4 is 5.32 Å². The molecule has 0 saturated heterocycles. The second-order valence-corrected chi connectivity index (χ2v) is 5.07. The highest BCUT2D eigenvalue weighted by Crippen LogP contribution is 2.25. The lowest BCUT2D eigenvalue weighted by atomic mass is 10.2. The Morgan fingerprint density at radius 2 is 2.05 bits per heavy atom. The summed E-state index contributed by atoms with van der Waals surface area (Å²) in [7, 11) is 3.25. The summed E-state index contributed by atoms with van der Waals surface area (Å²) in [6, 6.07) is 4.10. The molecule has 0 unspecified atom stereocenters. The van der Waals surface area contributed by atoms with Crippen LogP contribution in [-0.4, -0.2) is 42.3 Å². The van der Waals surface area contributed by atoms with Gasteiger partial charge in [0.15, 0.2) is 0 Å². The van der Waals surface area contributed by atoms with Crippen molar-refractivity contribution in [2.45, 2.75) is 6.42 Å². The fourth-order valence-corrected chi connectivity index (χ4v) is 1.79. The Labute approximate surface area is 124 Å². The van der Waals surface area contributed by atoms with Crippen molar-refractivity contribution in [3.05, 3.63) is 38.3 Å². The predicted molar refractivity (Wildman–Crippen MR) is 76.4 cm³/mol. The molecule has 0 bridgehead atoms. The highest BCUT2D eigenvalue weighted by Gasteiger charge is 2.16. The van der Waals surface area contributed by atoms with E-state index in [0.717, 1.165) is 0 Å². The number of nitrogens with zero attached hydrogens (tertiary/aromatic N) is 2. The Bertz CT molecular complexity index is 546. The summed E-state index contributed by atoms with van der Waals surface area (Å²) < 4.78 is 0.307. The van der Waals surface area contributed by atoms with E-state index in [1.165, 1.54) is 23.1 Å². The highest BCUT2D eigenvalue weighted by atomic mass is 79.9. The van der Waals surface area contributed by atoms with Crippen LogP contribution in [0.25, 0.3) is 0 Å². The van der Waals surface area contributed by atoms with Gasteiger partial charge in [-0.3, -0.25) is 19.7 Å². The molecule has 1 aromatic carbocycles. The van der Waals surface area contributed by atoms with Gasteiger partial charge in [-0.05, 0) is 28.1 Å². The van der Waals surface area contributed by atoms with E-state index in [1.54, 1.807) is 14.1 Å². The minimum Gasteiger partial charge on any atom is -0.352 e. The maximum atomic E-state index is 11.8. The van der Waals surface area contributed by atoms with Gasteiger partial charge < -0.3 is 10.2 Å². The zero-order valence-corrected chi connectivity index (χ0v) is 12.6. The first kappa shape index (κ1) is 16.1. The second-order valence-electron chi connectivity index (χ2n) is 4.22. The summed E-state index contributed by atoms with van der Waals surface area (Å²) in [5.74, 6) is -0.556. The molecule has 0 atom stereocenters. The average Bonchev–Trinajstić information content (AvgIpc) is 2.38. The summed E-state index contributed by atoms with van der Waals surface area (Å²) in [6.07, 6.45) is 0.178. The van der Waals surface area contributed by atoms with Crippen LogP contribution >= 0.6 is 15.9 Å². The molecule has 108 valence electrons. The number of amides is 2. The molecule has 0 aliphatic carbocycles. The largest absolute Gasteiger partial charge is 0.352 e. The maximum Gasteiger partial charge on any atom is 0.284 e. The molecular weight excluding hydrogens is 330 g/mol. The van der Waals surface area contributed by atoms with Gasteiger partial charge in [0.2, 0.25) is 5.91 Å². The molecular formula is C12H14BrN3O4. The van der Waals surface area contributed by atoms with E-state index < -0.39 is 10.8 Å². The first-order valence-corrected chi connectivity index (χ1v) is 6.54. The van der Waals surface area contributed by atoms with Gasteiger partial charge in [-0.1, -0.05) is 0 Å². The topological polar surface area (TPSA) is 92.6 Å². The van der Waals surface area contributed by atoms with Crippen molar-refractivity contribution in [3.8, 4) is 0 Å². The zero-order valence-electron chi connectivity index (χ0n) is 11.1. The van der Waals surface area contributed by atoms with Crippen LogP contribution in [0.3, 0.4) is 0 Å².